The SMILES string of the molecule is C=C(C)CCN1CCOC(C)C1C. The van der Waals surface area contributed by atoms with Crippen LogP contribution in [0.1, 0.15) is 27.2 Å². The fourth-order valence-electron chi connectivity index (χ4n) is 1.65. The van der Waals surface area contributed by atoms with Crippen LogP contribution in [0.15, 0.2) is 12.2 Å². The van der Waals surface area contributed by atoms with Gasteiger partial charge in [0, 0.05) is 19.1 Å². The lowest BCUT2D eigenvalue weighted by Crippen LogP contribution is -2.48. The fraction of sp³-hybridized carbons (Fsp3) is 0.818. The molecule has 13 heavy (non-hydrogen) atoms. The average Bonchev–Trinajstić information content (AvgIpc) is 2.07. The van der Waals surface area contributed by atoms with Crippen LogP contribution in [0.4, 0.5) is 0 Å². The van der Waals surface area contributed by atoms with E-state index in [1.165, 1.54) is 5.57 Å². The summed E-state index contributed by atoms with van der Waals surface area (Å²) >= 11 is 0. The van der Waals surface area contributed by atoms with Crippen LogP contribution in [0.5, 0.6) is 0 Å². The molecule has 0 bridgehead atoms. The lowest BCUT2D eigenvalue weighted by molar-refractivity contribution is -0.0545. The van der Waals surface area contributed by atoms with Gasteiger partial charge >= 0.3 is 0 Å². The minimum absolute atomic E-state index is 0.374. The first-order valence-corrected chi connectivity index (χ1v) is 5.11. The molecule has 0 aromatic rings. The van der Waals surface area contributed by atoms with Crippen molar-refractivity contribution in [2.24, 2.45) is 0 Å². The van der Waals surface area contributed by atoms with Gasteiger partial charge in [-0.1, -0.05) is 5.57 Å². The van der Waals surface area contributed by atoms with Crippen LogP contribution in [0.3, 0.4) is 0 Å². The second-order valence-electron chi connectivity index (χ2n) is 4.06. The zero-order valence-corrected chi connectivity index (χ0v) is 9.05. The maximum atomic E-state index is 5.56. The maximum absolute atomic E-state index is 5.56. The molecule has 1 aliphatic heterocycles. The predicted octanol–water partition coefficient (Wildman–Crippen LogP) is 2.06. The van der Waals surface area contributed by atoms with Crippen LogP contribution in [0.25, 0.3) is 0 Å². The Morgan fingerprint density at radius 2 is 2.23 bits per heavy atom. The number of ether oxygens (including phenoxy) is 1. The smallest absolute Gasteiger partial charge is 0.0700 e. The highest BCUT2D eigenvalue weighted by atomic mass is 16.5. The molecule has 0 aliphatic carbocycles. The molecule has 1 saturated heterocycles. The average molecular weight is 183 g/mol. The fourth-order valence-corrected chi connectivity index (χ4v) is 1.65. The molecule has 76 valence electrons. The summed E-state index contributed by atoms with van der Waals surface area (Å²) < 4.78 is 5.56. The summed E-state index contributed by atoms with van der Waals surface area (Å²) in [6.07, 6.45) is 1.48. The molecule has 0 amide bonds. The molecule has 1 heterocycles. The first kappa shape index (κ1) is 10.7. The zero-order valence-electron chi connectivity index (χ0n) is 9.05. The Labute approximate surface area is 81.6 Å². The Bertz CT molecular complexity index is 179. The minimum atomic E-state index is 0.374. The van der Waals surface area contributed by atoms with E-state index in [0.29, 0.717) is 12.1 Å². The normalized spacial score (nSPS) is 30.4. The van der Waals surface area contributed by atoms with E-state index in [1.54, 1.807) is 0 Å². The van der Waals surface area contributed by atoms with Crippen LogP contribution in [0, 0.1) is 0 Å². The van der Waals surface area contributed by atoms with Gasteiger partial charge in [0.2, 0.25) is 0 Å². The van der Waals surface area contributed by atoms with Gasteiger partial charge in [0.25, 0.3) is 0 Å². The summed E-state index contributed by atoms with van der Waals surface area (Å²) in [6.45, 7) is 13.5. The zero-order chi connectivity index (χ0) is 9.84. The molecule has 0 aromatic carbocycles. The lowest BCUT2D eigenvalue weighted by atomic mass is 10.1. The number of nitrogens with zero attached hydrogens (tertiary/aromatic N) is 1. The molecule has 2 atom stereocenters. The van der Waals surface area contributed by atoms with Gasteiger partial charge in [0.15, 0.2) is 0 Å². The summed E-state index contributed by atoms with van der Waals surface area (Å²) in [7, 11) is 0. The topological polar surface area (TPSA) is 12.5 Å². The summed E-state index contributed by atoms with van der Waals surface area (Å²) in [5.74, 6) is 0. The van der Waals surface area contributed by atoms with E-state index < -0.39 is 0 Å². The van der Waals surface area contributed by atoms with Crippen LogP contribution in [0.2, 0.25) is 0 Å². The van der Waals surface area contributed by atoms with E-state index in [2.05, 4.69) is 32.3 Å². The van der Waals surface area contributed by atoms with E-state index >= 15 is 0 Å². The van der Waals surface area contributed by atoms with Crippen LogP contribution in [-0.2, 0) is 4.74 Å². The second kappa shape index (κ2) is 4.77. The highest BCUT2D eigenvalue weighted by molar-refractivity contribution is 4.90. The van der Waals surface area contributed by atoms with Crippen LogP contribution in [-0.4, -0.2) is 36.7 Å². The maximum Gasteiger partial charge on any atom is 0.0700 e. The first-order chi connectivity index (χ1) is 6.11. The second-order valence-corrected chi connectivity index (χ2v) is 4.06. The molecule has 0 N–H and O–H groups in total. The van der Waals surface area contributed by atoms with Crippen molar-refractivity contribution in [1.29, 1.82) is 0 Å². The summed E-state index contributed by atoms with van der Waals surface area (Å²) in [5, 5.41) is 0. The highest BCUT2D eigenvalue weighted by Crippen LogP contribution is 2.14. The molecular formula is C11H21NO. The van der Waals surface area contributed by atoms with Crippen LogP contribution < -0.4 is 0 Å². The molecule has 2 unspecified atom stereocenters. The number of hydrogen-bond donors (Lipinski definition) is 0. The third-order valence-electron chi connectivity index (χ3n) is 2.84. The summed E-state index contributed by atoms with van der Waals surface area (Å²) in [6, 6.07) is 0.549. The third-order valence-corrected chi connectivity index (χ3v) is 2.84. The Morgan fingerprint density at radius 3 is 2.85 bits per heavy atom. The predicted molar refractivity (Wildman–Crippen MR) is 55.9 cm³/mol. The quantitative estimate of drug-likeness (QED) is 0.621. The van der Waals surface area contributed by atoms with Gasteiger partial charge in [0.05, 0.1) is 12.7 Å². The minimum Gasteiger partial charge on any atom is -0.376 e. The Kier molecular flexibility index (Phi) is 3.94. The van der Waals surface area contributed by atoms with Gasteiger partial charge in [-0.15, -0.1) is 6.58 Å². The molecule has 2 nitrogen and oxygen atoms in total. The molecule has 2 heteroatoms. The Hall–Kier alpha value is -0.340. The van der Waals surface area contributed by atoms with Crippen molar-refractivity contribution in [3.05, 3.63) is 12.2 Å². The summed E-state index contributed by atoms with van der Waals surface area (Å²) in [5.41, 5.74) is 1.27. The van der Waals surface area contributed by atoms with E-state index in [0.717, 1.165) is 26.1 Å². The number of hydrogen-bond acceptors (Lipinski definition) is 2. The van der Waals surface area contributed by atoms with Crippen molar-refractivity contribution >= 4 is 0 Å². The van der Waals surface area contributed by atoms with Crippen molar-refractivity contribution in [1.82, 2.24) is 4.90 Å². The Morgan fingerprint density at radius 1 is 1.54 bits per heavy atom. The molecule has 1 rings (SSSR count). The van der Waals surface area contributed by atoms with Gasteiger partial charge in [-0.2, -0.15) is 0 Å². The largest absolute Gasteiger partial charge is 0.376 e. The van der Waals surface area contributed by atoms with Crippen molar-refractivity contribution in [3.8, 4) is 0 Å². The molecule has 0 spiro atoms. The molecular weight excluding hydrogens is 162 g/mol. The molecule has 0 aromatic heterocycles. The lowest BCUT2D eigenvalue weighted by Gasteiger charge is -2.37. The van der Waals surface area contributed by atoms with Crippen molar-refractivity contribution in [2.75, 3.05) is 19.7 Å². The third kappa shape index (κ3) is 3.12. The van der Waals surface area contributed by atoms with Gasteiger partial charge < -0.3 is 4.74 Å². The van der Waals surface area contributed by atoms with E-state index in [-0.39, 0.29) is 0 Å². The van der Waals surface area contributed by atoms with Gasteiger partial charge in [0.1, 0.15) is 0 Å². The van der Waals surface area contributed by atoms with Gasteiger partial charge in [-0.25, -0.2) is 0 Å². The standard InChI is InChI=1S/C11H21NO/c1-9(2)5-6-12-7-8-13-11(4)10(12)3/h10-11H,1,5-8H2,2-4H3. The molecule has 0 saturated carbocycles. The highest BCUT2D eigenvalue weighted by Gasteiger charge is 2.24. The first-order valence-electron chi connectivity index (χ1n) is 5.11. The van der Waals surface area contributed by atoms with Crippen molar-refractivity contribution in [3.63, 3.8) is 0 Å². The molecule has 1 fully saturated rings. The van der Waals surface area contributed by atoms with E-state index in [4.69, 9.17) is 4.74 Å². The Balaban J connectivity index is 2.35. The summed E-state index contributed by atoms with van der Waals surface area (Å²) in [4.78, 5) is 2.49. The number of morpholine rings is 1. The number of rotatable bonds is 3. The molecule has 0 radical (unpaired) electrons. The van der Waals surface area contributed by atoms with Gasteiger partial charge in [-0.05, 0) is 27.2 Å². The van der Waals surface area contributed by atoms with Crippen molar-refractivity contribution < 1.29 is 4.74 Å². The van der Waals surface area contributed by atoms with Gasteiger partial charge in [-0.3, -0.25) is 4.90 Å². The monoisotopic (exact) mass is 183 g/mol. The van der Waals surface area contributed by atoms with Crippen molar-refractivity contribution in [2.45, 2.75) is 39.3 Å². The molecule has 1 aliphatic rings. The van der Waals surface area contributed by atoms with Crippen LogP contribution >= 0.6 is 0 Å². The van der Waals surface area contributed by atoms with E-state index in [9.17, 15) is 0 Å². The van der Waals surface area contributed by atoms with E-state index in [1.807, 2.05) is 0 Å².